The van der Waals surface area contributed by atoms with Crippen molar-refractivity contribution in [1.29, 1.82) is 0 Å². The number of aliphatic hydroxyl groups excluding tert-OH is 1. The fraction of sp³-hybridized carbons (Fsp3) is 0.750. The molecular formula is C8H14N2O4S. The molecule has 7 heteroatoms. The molecule has 0 aromatic rings. The molecule has 1 rings (SSSR count). The lowest BCUT2D eigenvalue weighted by Crippen LogP contribution is -2.45. The number of carbonyl (C=O) groups is 2. The van der Waals surface area contributed by atoms with Crippen LogP contribution in [0.5, 0.6) is 0 Å². The highest BCUT2D eigenvalue weighted by Crippen LogP contribution is 2.16. The first-order valence-corrected chi connectivity index (χ1v) is 5.78. The van der Waals surface area contributed by atoms with Crippen molar-refractivity contribution in [2.24, 2.45) is 0 Å². The Labute approximate surface area is 91.4 Å². The van der Waals surface area contributed by atoms with Gasteiger partial charge >= 0.3 is 12.0 Å². The molecule has 0 aliphatic carbocycles. The van der Waals surface area contributed by atoms with Gasteiger partial charge in [0.2, 0.25) is 0 Å². The first kappa shape index (κ1) is 12.1. The zero-order chi connectivity index (χ0) is 11.3. The number of aliphatic hydroxyl groups is 1. The largest absolute Gasteiger partial charge is 0.479 e. The van der Waals surface area contributed by atoms with Gasteiger partial charge in [-0.2, -0.15) is 11.8 Å². The number of carboxylic acids is 1. The fourth-order valence-corrected chi connectivity index (χ4v) is 2.31. The van der Waals surface area contributed by atoms with Crippen LogP contribution in [0.1, 0.15) is 6.42 Å². The molecular weight excluding hydrogens is 220 g/mol. The second kappa shape index (κ2) is 5.82. The van der Waals surface area contributed by atoms with Crippen molar-refractivity contribution < 1.29 is 19.8 Å². The van der Waals surface area contributed by atoms with Gasteiger partial charge in [-0.05, 0) is 12.2 Å². The van der Waals surface area contributed by atoms with E-state index in [1.165, 1.54) is 0 Å². The van der Waals surface area contributed by atoms with Gasteiger partial charge < -0.3 is 20.8 Å². The quantitative estimate of drug-likeness (QED) is 0.512. The SMILES string of the molecule is O=C(NCC(O)C(=O)O)NC1CCSC1. The Balaban J connectivity index is 2.15. The molecule has 0 spiro atoms. The molecule has 15 heavy (non-hydrogen) atoms. The first-order valence-electron chi connectivity index (χ1n) is 4.62. The minimum absolute atomic E-state index is 0.150. The lowest BCUT2D eigenvalue weighted by Gasteiger charge is -2.13. The van der Waals surface area contributed by atoms with Gasteiger partial charge in [0, 0.05) is 11.8 Å². The van der Waals surface area contributed by atoms with E-state index in [-0.39, 0.29) is 12.6 Å². The molecule has 1 heterocycles. The molecule has 86 valence electrons. The topological polar surface area (TPSA) is 98.7 Å². The summed E-state index contributed by atoms with van der Waals surface area (Å²) in [4.78, 5) is 21.4. The normalized spacial score (nSPS) is 22.1. The molecule has 1 saturated heterocycles. The van der Waals surface area contributed by atoms with E-state index in [4.69, 9.17) is 10.2 Å². The van der Waals surface area contributed by atoms with Gasteiger partial charge in [0.1, 0.15) is 0 Å². The summed E-state index contributed by atoms with van der Waals surface area (Å²) in [5.41, 5.74) is 0. The summed E-state index contributed by atoms with van der Waals surface area (Å²) in [6.45, 7) is -0.277. The molecule has 1 fully saturated rings. The highest BCUT2D eigenvalue weighted by atomic mass is 32.2. The molecule has 0 aromatic carbocycles. The van der Waals surface area contributed by atoms with Crippen molar-refractivity contribution >= 4 is 23.8 Å². The van der Waals surface area contributed by atoms with E-state index in [1.54, 1.807) is 11.8 Å². The summed E-state index contributed by atoms with van der Waals surface area (Å²) in [6, 6.07) is -0.278. The van der Waals surface area contributed by atoms with Crippen LogP contribution in [0.4, 0.5) is 4.79 Å². The third-order valence-electron chi connectivity index (χ3n) is 2.01. The Hall–Kier alpha value is -0.950. The zero-order valence-corrected chi connectivity index (χ0v) is 8.92. The van der Waals surface area contributed by atoms with Crippen LogP contribution >= 0.6 is 11.8 Å². The average molecular weight is 234 g/mol. The van der Waals surface area contributed by atoms with E-state index in [2.05, 4.69) is 10.6 Å². The van der Waals surface area contributed by atoms with Crippen LogP contribution in [0.15, 0.2) is 0 Å². The van der Waals surface area contributed by atoms with Crippen molar-refractivity contribution in [2.75, 3.05) is 18.1 Å². The Bertz CT molecular complexity index is 243. The van der Waals surface area contributed by atoms with Gasteiger partial charge in [0.25, 0.3) is 0 Å². The van der Waals surface area contributed by atoms with E-state index >= 15 is 0 Å². The fourth-order valence-electron chi connectivity index (χ4n) is 1.16. The number of carboxylic acid groups (broad SMARTS) is 1. The summed E-state index contributed by atoms with van der Waals surface area (Å²) in [7, 11) is 0. The van der Waals surface area contributed by atoms with Crippen molar-refractivity contribution in [1.82, 2.24) is 10.6 Å². The Morgan fingerprint density at radius 2 is 2.27 bits per heavy atom. The van der Waals surface area contributed by atoms with Crippen molar-refractivity contribution in [3.63, 3.8) is 0 Å². The maximum Gasteiger partial charge on any atom is 0.334 e. The number of nitrogens with one attached hydrogen (secondary N) is 2. The minimum atomic E-state index is -1.55. The predicted molar refractivity (Wildman–Crippen MR) is 55.9 cm³/mol. The highest BCUT2D eigenvalue weighted by Gasteiger charge is 2.19. The van der Waals surface area contributed by atoms with E-state index in [9.17, 15) is 9.59 Å². The third kappa shape index (κ3) is 4.39. The number of hydrogen-bond acceptors (Lipinski definition) is 4. The molecule has 2 unspecified atom stereocenters. The number of amides is 2. The maximum atomic E-state index is 11.2. The van der Waals surface area contributed by atoms with Gasteiger partial charge in [0.05, 0.1) is 6.54 Å². The molecule has 0 radical (unpaired) electrons. The molecule has 0 saturated carbocycles. The van der Waals surface area contributed by atoms with Gasteiger partial charge in [0.15, 0.2) is 6.10 Å². The van der Waals surface area contributed by atoms with Crippen LogP contribution in [0.25, 0.3) is 0 Å². The van der Waals surface area contributed by atoms with Gasteiger partial charge in [-0.15, -0.1) is 0 Å². The number of carbonyl (C=O) groups excluding carboxylic acids is 1. The van der Waals surface area contributed by atoms with Gasteiger partial charge in [-0.25, -0.2) is 9.59 Å². The van der Waals surface area contributed by atoms with Gasteiger partial charge in [-0.3, -0.25) is 0 Å². The maximum absolute atomic E-state index is 11.2. The molecule has 2 amide bonds. The van der Waals surface area contributed by atoms with Crippen LogP contribution in [0, 0.1) is 0 Å². The monoisotopic (exact) mass is 234 g/mol. The summed E-state index contributed by atoms with van der Waals surface area (Å²) in [5, 5.41) is 22.2. The standard InChI is InChI=1S/C8H14N2O4S/c11-6(7(12)13)3-9-8(14)10-5-1-2-15-4-5/h5-6,11H,1-4H2,(H,12,13)(H2,9,10,14). The average Bonchev–Trinajstić information content (AvgIpc) is 2.66. The minimum Gasteiger partial charge on any atom is -0.479 e. The van der Waals surface area contributed by atoms with Crippen LogP contribution in [0.2, 0.25) is 0 Å². The number of hydrogen-bond donors (Lipinski definition) is 4. The first-order chi connectivity index (χ1) is 7.09. The zero-order valence-electron chi connectivity index (χ0n) is 8.10. The van der Waals surface area contributed by atoms with Crippen molar-refractivity contribution in [3.05, 3.63) is 0 Å². The smallest absolute Gasteiger partial charge is 0.334 e. The summed E-state index contributed by atoms with van der Waals surface area (Å²) in [5.74, 6) is 0.573. The second-order valence-electron chi connectivity index (χ2n) is 3.27. The summed E-state index contributed by atoms with van der Waals surface area (Å²) >= 11 is 1.77. The molecule has 1 aliphatic heterocycles. The number of rotatable bonds is 4. The number of thioether (sulfide) groups is 1. The van der Waals surface area contributed by atoms with E-state index < -0.39 is 18.1 Å². The van der Waals surface area contributed by atoms with Crippen molar-refractivity contribution in [2.45, 2.75) is 18.6 Å². The van der Waals surface area contributed by atoms with Crippen LogP contribution in [-0.4, -0.2) is 52.4 Å². The van der Waals surface area contributed by atoms with Crippen LogP contribution in [-0.2, 0) is 4.79 Å². The number of urea groups is 1. The van der Waals surface area contributed by atoms with Gasteiger partial charge in [-0.1, -0.05) is 0 Å². The third-order valence-corrected chi connectivity index (χ3v) is 3.17. The lowest BCUT2D eigenvalue weighted by molar-refractivity contribution is -0.146. The molecule has 6 nitrogen and oxygen atoms in total. The van der Waals surface area contributed by atoms with Crippen LogP contribution < -0.4 is 10.6 Å². The number of aliphatic carboxylic acids is 1. The predicted octanol–water partition coefficient (Wildman–Crippen LogP) is -0.763. The molecule has 0 aromatic heterocycles. The van der Waals surface area contributed by atoms with E-state index in [0.717, 1.165) is 17.9 Å². The Morgan fingerprint density at radius 3 is 2.80 bits per heavy atom. The Kier molecular flexibility index (Phi) is 4.70. The lowest BCUT2D eigenvalue weighted by atomic mass is 10.3. The molecule has 1 aliphatic rings. The summed E-state index contributed by atoms with van der Waals surface area (Å²) < 4.78 is 0. The second-order valence-corrected chi connectivity index (χ2v) is 4.42. The van der Waals surface area contributed by atoms with Crippen molar-refractivity contribution in [3.8, 4) is 0 Å². The molecule has 0 bridgehead atoms. The van der Waals surface area contributed by atoms with Crippen LogP contribution in [0.3, 0.4) is 0 Å². The van der Waals surface area contributed by atoms with E-state index in [1.807, 2.05) is 0 Å². The van der Waals surface area contributed by atoms with E-state index in [0.29, 0.717) is 0 Å². The summed E-state index contributed by atoms with van der Waals surface area (Å²) in [6.07, 6.45) is -0.617. The molecule has 2 atom stereocenters. The molecule has 4 N–H and O–H groups in total. The Morgan fingerprint density at radius 1 is 1.53 bits per heavy atom. The highest BCUT2D eigenvalue weighted by molar-refractivity contribution is 7.99.